The second kappa shape index (κ2) is 4.84. The predicted octanol–water partition coefficient (Wildman–Crippen LogP) is 1.61. The Kier molecular flexibility index (Phi) is 3.73. The number of ether oxygens (including phenoxy) is 1. The summed E-state index contributed by atoms with van der Waals surface area (Å²) in [5.41, 5.74) is 3.95. The topological polar surface area (TPSA) is 47.3 Å². The molecule has 0 aromatic heterocycles. The number of rotatable bonds is 4. The van der Waals surface area contributed by atoms with Gasteiger partial charge in [0.25, 0.3) is 0 Å². The summed E-state index contributed by atoms with van der Waals surface area (Å²) in [6, 6.07) is 8.15. The minimum Gasteiger partial charge on any atom is -0.497 e. The van der Waals surface area contributed by atoms with Gasteiger partial charge in [-0.15, -0.1) is 0 Å². The highest BCUT2D eigenvalue weighted by Crippen LogP contribution is 2.18. The van der Waals surface area contributed by atoms with E-state index in [9.17, 15) is 0 Å². The smallest absolute Gasteiger partial charge is 0.118 e. The van der Waals surface area contributed by atoms with E-state index in [1.807, 2.05) is 24.3 Å². The van der Waals surface area contributed by atoms with Crippen molar-refractivity contribution in [3.63, 3.8) is 0 Å². The summed E-state index contributed by atoms with van der Waals surface area (Å²) in [7, 11) is 1.66. The van der Waals surface area contributed by atoms with E-state index >= 15 is 0 Å². The van der Waals surface area contributed by atoms with Crippen LogP contribution < -0.4 is 16.0 Å². The predicted molar refractivity (Wildman–Crippen MR) is 53.3 cm³/mol. The Labute approximate surface area is 78.9 Å². The molecule has 3 N–H and O–H groups in total. The van der Waals surface area contributed by atoms with Crippen LogP contribution in [0.4, 0.5) is 0 Å². The molecular weight excluding hydrogens is 164 g/mol. The number of hydrogen-bond acceptors (Lipinski definition) is 3. The largest absolute Gasteiger partial charge is 0.497 e. The van der Waals surface area contributed by atoms with Crippen molar-refractivity contribution in [2.75, 3.05) is 7.11 Å². The fourth-order valence-electron chi connectivity index (χ4n) is 1.29. The third kappa shape index (κ3) is 2.44. The van der Waals surface area contributed by atoms with Gasteiger partial charge in [0, 0.05) is 6.04 Å². The van der Waals surface area contributed by atoms with Gasteiger partial charge in [0.05, 0.1) is 7.11 Å². The molecule has 0 bridgehead atoms. The summed E-state index contributed by atoms with van der Waals surface area (Å²) >= 11 is 0. The van der Waals surface area contributed by atoms with Gasteiger partial charge < -0.3 is 4.74 Å². The summed E-state index contributed by atoms with van der Waals surface area (Å²) in [5, 5.41) is 0. The molecule has 0 aliphatic heterocycles. The van der Waals surface area contributed by atoms with Crippen LogP contribution >= 0.6 is 0 Å². The van der Waals surface area contributed by atoms with Gasteiger partial charge in [0.1, 0.15) is 5.75 Å². The SMILES string of the molecule is CCC(NN)c1ccc(OC)cc1. The molecule has 0 heterocycles. The molecule has 1 aromatic carbocycles. The molecule has 1 unspecified atom stereocenters. The van der Waals surface area contributed by atoms with Crippen molar-refractivity contribution in [3.05, 3.63) is 29.8 Å². The Bertz CT molecular complexity index is 242. The minimum absolute atomic E-state index is 0.228. The Hall–Kier alpha value is -1.06. The Morgan fingerprint density at radius 1 is 1.38 bits per heavy atom. The number of hydrazine groups is 1. The second-order valence-electron chi connectivity index (χ2n) is 2.90. The number of benzene rings is 1. The lowest BCUT2D eigenvalue weighted by molar-refractivity contribution is 0.414. The van der Waals surface area contributed by atoms with E-state index in [2.05, 4.69) is 12.3 Å². The fraction of sp³-hybridized carbons (Fsp3) is 0.400. The van der Waals surface area contributed by atoms with Crippen molar-refractivity contribution in [2.45, 2.75) is 19.4 Å². The summed E-state index contributed by atoms with van der Waals surface area (Å²) in [6.45, 7) is 2.09. The van der Waals surface area contributed by atoms with Crippen molar-refractivity contribution in [3.8, 4) is 5.75 Å². The summed E-state index contributed by atoms with van der Waals surface area (Å²) in [5.74, 6) is 6.28. The van der Waals surface area contributed by atoms with Crippen LogP contribution in [0.5, 0.6) is 5.75 Å². The van der Waals surface area contributed by atoms with Crippen molar-refractivity contribution in [1.29, 1.82) is 0 Å². The van der Waals surface area contributed by atoms with Crippen molar-refractivity contribution >= 4 is 0 Å². The highest BCUT2D eigenvalue weighted by atomic mass is 16.5. The Morgan fingerprint density at radius 2 is 2.00 bits per heavy atom. The number of methoxy groups -OCH3 is 1. The maximum Gasteiger partial charge on any atom is 0.118 e. The number of nitrogens with one attached hydrogen (secondary N) is 1. The zero-order valence-electron chi connectivity index (χ0n) is 8.08. The average Bonchev–Trinajstić information content (AvgIpc) is 2.21. The first-order valence-electron chi connectivity index (χ1n) is 4.42. The highest BCUT2D eigenvalue weighted by molar-refractivity contribution is 5.28. The molecule has 0 radical (unpaired) electrons. The van der Waals surface area contributed by atoms with Gasteiger partial charge in [-0.2, -0.15) is 0 Å². The second-order valence-corrected chi connectivity index (χ2v) is 2.90. The molecule has 3 heteroatoms. The summed E-state index contributed by atoms with van der Waals surface area (Å²) in [4.78, 5) is 0. The van der Waals surface area contributed by atoms with E-state index in [4.69, 9.17) is 10.6 Å². The molecule has 0 amide bonds. The normalized spacial score (nSPS) is 12.5. The average molecular weight is 180 g/mol. The van der Waals surface area contributed by atoms with Gasteiger partial charge in [-0.1, -0.05) is 19.1 Å². The molecule has 0 saturated carbocycles. The van der Waals surface area contributed by atoms with E-state index in [0.29, 0.717) is 0 Å². The molecule has 0 fully saturated rings. The number of hydrogen-bond donors (Lipinski definition) is 2. The molecule has 13 heavy (non-hydrogen) atoms. The standard InChI is InChI=1S/C10H16N2O/c1-3-10(12-11)8-4-6-9(13-2)7-5-8/h4-7,10,12H,3,11H2,1-2H3. The van der Waals surface area contributed by atoms with Gasteiger partial charge in [0.15, 0.2) is 0 Å². The number of nitrogens with two attached hydrogens (primary N) is 1. The van der Waals surface area contributed by atoms with Gasteiger partial charge in [-0.25, -0.2) is 0 Å². The summed E-state index contributed by atoms with van der Waals surface area (Å²) in [6.07, 6.45) is 0.975. The van der Waals surface area contributed by atoms with Crippen LogP contribution in [0.2, 0.25) is 0 Å². The maximum absolute atomic E-state index is 5.40. The quantitative estimate of drug-likeness (QED) is 0.546. The van der Waals surface area contributed by atoms with Crippen LogP contribution in [0.3, 0.4) is 0 Å². The third-order valence-corrected chi connectivity index (χ3v) is 2.13. The molecule has 0 spiro atoms. The highest BCUT2D eigenvalue weighted by Gasteiger charge is 2.05. The van der Waals surface area contributed by atoms with Gasteiger partial charge >= 0.3 is 0 Å². The first-order valence-corrected chi connectivity index (χ1v) is 4.42. The summed E-state index contributed by atoms with van der Waals surface area (Å²) < 4.78 is 5.06. The zero-order valence-corrected chi connectivity index (χ0v) is 8.08. The van der Waals surface area contributed by atoms with E-state index in [1.165, 1.54) is 5.56 Å². The van der Waals surface area contributed by atoms with Crippen LogP contribution in [-0.2, 0) is 0 Å². The van der Waals surface area contributed by atoms with E-state index in [0.717, 1.165) is 12.2 Å². The van der Waals surface area contributed by atoms with E-state index < -0.39 is 0 Å². The van der Waals surface area contributed by atoms with Crippen molar-refractivity contribution in [1.82, 2.24) is 5.43 Å². The molecule has 0 aliphatic rings. The first kappa shape index (κ1) is 10.0. The fourth-order valence-corrected chi connectivity index (χ4v) is 1.29. The van der Waals surface area contributed by atoms with Crippen LogP contribution in [0.15, 0.2) is 24.3 Å². The molecule has 0 saturated heterocycles. The van der Waals surface area contributed by atoms with Crippen molar-refractivity contribution < 1.29 is 4.74 Å². The third-order valence-electron chi connectivity index (χ3n) is 2.13. The molecule has 0 aliphatic carbocycles. The van der Waals surface area contributed by atoms with Gasteiger partial charge in [-0.05, 0) is 24.1 Å². The van der Waals surface area contributed by atoms with Gasteiger partial charge in [0.2, 0.25) is 0 Å². The Morgan fingerprint density at radius 3 is 2.38 bits per heavy atom. The monoisotopic (exact) mass is 180 g/mol. The molecular formula is C10H16N2O. The van der Waals surface area contributed by atoms with E-state index in [-0.39, 0.29) is 6.04 Å². The van der Waals surface area contributed by atoms with Crippen LogP contribution in [0.25, 0.3) is 0 Å². The molecule has 72 valence electrons. The maximum atomic E-state index is 5.40. The molecule has 3 nitrogen and oxygen atoms in total. The minimum atomic E-state index is 0.228. The van der Waals surface area contributed by atoms with Crippen LogP contribution in [-0.4, -0.2) is 7.11 Å². The lowest BCUT2D eigenvalue weighted by Gasteiger charge is -2.13. The lowest BCUT2D eigenvalue weighted by Crippen LogP contribution is -2.27. The van der Waals surface area contributed by atoms with Crippen LogP contribution in [0, 0.1) is 0 Å². The van der Waals surface area contributed by atoms with Gasteiger partial charge in [-0.3, -0.25) is 11.3 Å². The van der Waals surface area contributed by atoms with E-state index in [1.54, 1.807) is 7.11 Å². The first-order chi connectivity index (χ1) is 6.31. The molecule has 1 aromatic rings. The molecule has 1 rings (SSSR count). The zero-order chi connectivity index (χ0) is 9.68. The van der Waals surface area contributed by atoms with Crippen LogP contribution in [0.1, 0.15) is 24.9 Å². The lowest BCUT2D eigenvalue weighted by atomic mass is 10.1. The Balaban J connectivity index is 2.78. The molecule has 1 atom stereocenters. The van der Waals surface area contributed by atoms with Crippen molar-refractivity contribution in [2.24, 2.45) is 5.84 Å².